The van der Waals surface area contributed by atoms with Crippen LogP contribution in [0, 0.1) is 5.92 Å². The Bertz CT molecular complexity index is 339. The smallest absolute Gasteiger partial charge is 0.303 e. The molecule has 0 amide bonds. The number of carboxylic acid groups (broad SMARTS) is 1. The van der Waals surface area contributed by atoms with E-state index in [-0.39, 0.29) is 12.3 Å². The van der Waals surface area contributed by atoms with Gasteiger partial charge in [0.05, 0.1) is 0 Å². The topological polar surface area (TPSA) is 86.7 Å². The van der Waals surface area contributed by atoms with E-state index in [9.17, 15) is 13.2 Å². The Morgan fingerprint density at radius 2 is 1.83 bits per heavy atom. The van der Waals surface area contributed by atoms with Gasteiger partial charge in [-0.2, -0.15) is 12.7 Å². The number of hydrogen-bond donors (Lipinski definition) is 2. The summed E-state index contributed by atoms with van der Waals surface area (Å²) in [6.45, 7) is 6.74. The second kappa shape index (κ2) is 8.44. The minimum absolute atomic E-state index is 0.129. The Hall–Kier alpha value is -0.660. The third-order valence-corrected chi connectivity index (χ3v) is 4.58. The molecule has 0 aliphatic carbocycles. The van der Waals surface area contributed by atoms with E-state index in [1.807, 2.05) is 6.92 Å². The first kappa shape index (κ1) is 17.3. The highest BCUT2D eigenvalue weighted by Crippen LogP contribution is 2.09. The van der Waals surface area contributed by atoms with Gasteiger partial charge in [-0.1, -0.05) is 20.8 Å². The highest BCUT2D eigenvalue weighted by Gasteiger charge is 2.17. The van der Waals surface area contributed by atoms with Crippen molar-refractivity contribution in [3.8, 4) is 0 Å². The highest BCUT2D eigenvalue weighted by atomic mass is 32.2. The van der Waals surface area contributed by atoms with Crippen molar-refractivity contribution in [2.24, 2.45) is 5.92 Å². The number of aliphatic carboxylic acids is 1. The van der Waals surface area contributed by atoms with Crippen molar-refractivity contribution in [1.82, 2.24) is 9.03 Å². The zero-order valence-corrected chi connectivity index (χ0v) is 12.2. The van der Waals surface area contributed by atoms with Crippen molar-refractivity contribution in [3.05, 3.63) is 0 Å². The van der Waals surface area contributed by atoms with Gasteiger partial charge in [-0.25, -0.2) is 4.72 Å². The van der Waals surface area contributed by atoms with E-state index < -0.39 is 16.2 Å². The lowest BCUT2D eigenvalue weighted by molar-refractivity contribution is -0.137. The maximum absolute atomic E-state index is 11.8. The summed E-state index contributed by atoms with van der Waals surface area (Å²) in [6.07, 6.45) is 1.35. The van der Waals surface area contributed by atoms with Gasteiger partial charge in [0.25, 0.3) is 10.2 Å². The summed E-state index contributed by atoms with van der Waals surface area (Å²) in [5.41, 5.74) is 0. The van der Waals surface area contributed by atoms with Crippen molar-refractivity contribution >= 4 is 16.2 Å². The molecule has 0 radical (unpaired) electrons. The molecule has 0 saturated carbocycles. The van der Waals surface area contributed by atoms with Gasteiger partial charge in [-0.15, -0.1) is 0 Å². The van der Waals surface area contributed by atoms with Crippen LogP contribution in [0.4, 0.5) is 0 Å². The highest BCUT2D eigenvalue weighted by molar-refractivity contribution is 7.87. The van der Waals surface area contributed by atoms with Gasteiger partial charge in [0, 0.05) is 26.1 Å². The number of rotatable bonds is 10. The fourth-order valence-corrected chi connectivity index (χ4v) is 2.84. The van der Waals surface area contributed by atoms with Crippen molar-refractivity contribution in [1.29, 1.82) is 0 Å². The molecular weight excluding hydrogens is 256 g/mol. The van der Waals surface area contributed by atoms with Gasteiger partial charge in [0.1, 0.15) is 0 Å². The Labute approximate surface area is 110 Å². The van der Waals surface area contributed by atoms with Crippen molar-refractivity contribution < 1.29 is 18.3 Å². The fraction of sp³-hybridized carbons (Fsp3) is 0.909. The first-order chi connectivity index (χ1) is 8.33. The molecular formula is C11H24N2O4S. The number of carbonyl (C=O) groups is 1. The molecule has 2 N–H and O–H groups in total. The van der Waals surface area contributed by atoms with Crippen LogP contribution in [0.25, 0.3) is 0 Å². The summed E-state index contributed by atoms with van der Waals surface area (Å²) in [5, 5.41) is 8.54. The summed E-state index contributed by atoms with van der Waals surface area (Å²) < 4.78 is 27.4. The molecule has 0 heterocycles. The van der Waals surface area contributed by atoms with Gasteiger partial charge >= 0.3 is 5.97 Å². The van der Waals surface area contributed by atoms with E-state index in [2.05, 4.69) is 4.72 Å². The molecule has 0 rings (SSSR count). The lowest BCUT2D eigenvalue weighted by Gasteiger charge is -2.19. The van der Waals surface area contributed by atoms with Crippen LogP contribution in [0.15, 0.2) is 0 Å². The molecule has 0 aromatic heterocycles. The third-order valence-electron chi connectivity index (χ3n) is 2.82. The molecule has 1 unspecified atom stereocenters. The predicted molar refractivity (Wildman–Crippen MR) is 70.5 cm³/mol. The molecule has 108 valence electrons. The van der Waals surface area contributed by atoms with Crippen molar-refractivity contribution in [2.45, 2.75) is 40.0 Å². The molecule has 1 atom stereocenters. The molecule has 0 bridgehead atoms. The first-order valence-corrected chi connectivity index (χ1v) is 7.74. The number of nitrogens with zero attached hydrogens (tertiary/aromatic N) is 1. The monoisotopic (exact) mass is 280 g/mol. The zero-order chi connectivity index (χ0) is 14.2. The minimum Gasteiger partial charge on any atom is -0.481 e. The number of hydrogen-bond acceptors (Lipinski definition) is 3. The van der Waals surface area contributed by atoms with E-state index in [4.69, 9.17) is 5.11 Å². The average Bonchev–Trinajstić information content (AvgIpc) is 2.27. The van der Waals surface area contributed by atoms with Crippen LogP contribution in [-0.4, -0.2) is 43.4 Å². The standard InChI is InChI=1S/C11H24N2O4S/c1-4-13(5-2)18(16,17)12-9-8-10(3)6-7-11(14)15/h10,12H,4-9H2,1-3H3,(H,14,15). The molecule has 0 spiro atoms. The summed E-state index contributed by atoms with van der Waals surface area (Å²) in [6, 6.07) is 0. The van der Waals surface area contributed by atoms with E-state index >= 15 is 0 Å². The van der Waals surface area contributed by atoms with Crippen LogP contribution in [0.5, 0.6) is 0 Å². The molecule has 0 aromatic carbocycles. The Kier molecular flexibility index (Phi) is 8.13. The van der Waals surface area contributed by atoms with Crippen LogP contribution >= 0.6 is 0 Å². The molecule has 0 aliphatic rings. The molecule has 0 saturated heterocycles. The van der Waals surface area contributed by atoms with Gasteiger partial charge in [-0.3, -0.25) is 4.79 Å². The van der Waals surface area contributed by atoms with Crippen LogP contribution in [-0.2, 0) is 15.0 Å². The Balaban J connectivity index is 3.99. The van der Waals surface area contributed by atoms with Crippen molar-refractivity contribution in [2.75, 3.05) is 19.6 Å². The van der Waals surface area contributed by atoms with Crippen LogP contribution in [0.1, 0.15) is 40.0 Å². The van der Waals surface area contributed by atoms with Crippen LogP contribution in [0.2, 0.25) is 0 Å². The lowest BCUT2D eigenvalue weighted by Crippen LogP contribution is -2.41. The number of nitrogens with one attached hydrogen (secondary N) is 1. The second-order valence-electron chi connectivity index (χ2n) is 4.31. The molecule has 6 nitrogen and oxygen atoms in total. The lowest BCUT2D eigenvalue weighted by atomic mass is 10.0. The second-order valence-corrected chi connectivity index (χ2v) is 6.07. The minimum atomic E-state index is -3.38. The van der Waals surface area contributed by atoms with E-state index in [1.54, 1.807) is 13.8 Å². The molecule has 0 fully saturated rings. The quantitative estimate of drug-likeness (QED) is 0.626. The first-order valence-electron chi connectivity index (χ1n) is 6.30. The summed E-state index contributed by atoms with van der Waals surface area (Å²) in [4.78, 5) is 10.4. The summed E-state index contributed by atoms with van der Waals surface area (Å²) in [7, 11) is -3.38. The molecule has 0 aliphatic heterocycles. The largest absolute Gasteiger partial charge is 0.481 e. The van der Waals surface area contributed by atoms with E-state index in [0.29, 0.717) is 32.5 Å². The Morgan fingerprint density at radius 3 is 2.28 bits per heavy atom. The predicted octanol–water partition coefficient (Wildman–Crippen LogP) is 1.05. The number of carboxylic acids is 1. The van der Waals surface area contributed by atoms with Gasteiger partial charge in [-0.05, 0) is 18.8 Å². The van der Waals surface area contributed by atoms with Crippen LogP contribution < -0.4 is 4.72 Å². The maximum Gasteiger partial charge on any atom is 0.303 e. The van der Waals surface area contributed by atoms with Crippen LogP contribution in [0.3, 0.4) is 0 Å². The average molecular weight is 280 g/mol. The van der Waals surface area contributed by atoms with Crippen molar-refractivity contribution in [3.63, 3.8) is 0 Å². The van der Waals surface area contributed by atoms with E-state index in [1.165, 1.54) is 4.31 Å². The molecule has 7 heteroatoms. The maximum atomic E-state index is 11.8. The zero-order valence-electron chi connectivity index (χ0n) is 11.3. The van der Waals surface area contributed by atoms with Gasteiger partial charge < -0.3 is 5.11 Å². The SMILES string of the molecule is CCN(CC)S(=O)(=O)NCCC(C)CCC(=O)O. The van der Waals surface area contributed by atoms with Gasteiger partial charge in [0.15, 0.2) is 0 Å². The summed E-state index contributed by atoms with van der Waals surface area (Å²) in [5.74, 6) is -0.619. The normalized spacial score (nSPS) is 13.8. The third kappa shape index (κ3) is 6.93. The van der Waals surface area contributed by atoms with E-state index in [0.717, 1.165) is 0 Å². The molecule has 0 aromatic rings. The summed E-state index contributed by atoms with van der Waals surface area (Å²) >= 11 is 0. The molecule has 18 heavy (non-hydrogen) atoms. The fourth-order valence-electron chi connectivity index (χ4n) is 1.60. The van der Waals surface area contributed by atoms with Gasteiger partial charge in [0.2, 0.25) is 0 Å². The Morgan fingerprint density at radius 1 is 1.28 bits per heavy atom.